The summed E-state index contributed by atoms with van der Waals surface area (Å²) in [5.74, 6) is 0. The van der Waals surface area contributed by atoms with Gasteiger partial charge in [-0.1, -0.05) is 28.7 Å². The minimum absolute atomic E-state index is 0. The molecule has 0 unspecified atom stereocenters. The summed E-state index contributed by atoms with van der Waals surface area (Å²) in [6.45, 7) is 8.61. The minimum Gasteiger partial charge on any atom is -0.392 e. The molecule has 3 radical (unpaired) electrons. The highest BCUT2D eigenvalue weighted by Crippen LogP contribution is 2.44. The Kier molecular flexibility index (Phi) is 5.81. The largest absolute Gasteiger partial charge is 0.392 e. The Morgan fingerprint density at radius 1 is 1.33 bits per heavy atom. The van der Waals surface area contributed by atoms with E-state index in [0.29, 0.717) is 11.5 Å². The van der Waals surface area contributed by atoms with Gasteiger partial charge in [0.15, 0.2) is 0 Å². The standard InChI is InChI=1S/C6H15OP.B/c1-6(2,3)8(4)5-7;/h7H,5H2,1-4H3;/t8-;/m1./s1. The smallest absolute Gasteiger partial charge is 0.0626 e. The fourth-order valence-corrected chi connectivity index (χ4v) is 0.636. The molecule has 0 aromatic carbocycles. The lowest BCUT2D eigenvalue weighted by Crippen LogP contribution is -2.11. The van der Waals surface area contributed by atoms with Crippen LogP contribution in [0, 0.1) is 0 Å². The second-order valence-electron chi connectivity index (χ2n) is 3.01. The molecule has 0 fully saturated rings. The molecule has 1 atom stereocenters. The first-order valence-electron chi connectivity index (χ1n) is 2.80. The topological polar surface area (TPSA) is 20.2 Å². The van der Waals surface area contributed by atoms with Gasteiger partial charge in [0, 0.05) is 8.41 Å². The van der Waals surface area contributed by atoms with Gasteiger partial charge in [-0.25, -0.2) is 0 Å². The van der Waals surface area contributed by atoms with Crippen molar-refractivity contribution in [3.8, 4) is 0 Å². The van der Waals surface area contributed by atoms with Gasteiger partial charge in [-0.2, -0.15) is 0 Å². The van der Waals surface area contributed by atoms with Crippen LogP contribution in [-0.2, 0) is 0 Å². The number of hydrogen-bond acceptors (Lipinski definition) is 1. The maximum atomic E-state index is 8.70. The summed E-state index contributed by atoms with van der Waals surface area (Å²) in [7, 11) is -0.164. The van der Waals surface area contributed by atoms with Crippen LogP contribution in [0.15, 0.2) is 0 Å². The first-order chi connectivity index (χ1) is 3.48. The second kappa shape index (κ2) is 4.30. The van der Waals surface area contributed by atoms with Crippen molar-refractivity contribution in [2.75, 3.05) is 13.0 Å². The molecule has 1 N–H and O–H groups in total. The van der Waals surface area contributed by atoms with Crippen molar-refractivity contribution in [1.82, 2.24) is 0 Å². The van der Waals surface area contributed by atoms with Crippen molar-refractivity contribution in [1.29, 1.82) is 0 Å². The van der Waals surface area contributed by atoms with Gasteiger partial charge in [0.25, 0.3) is 0 Å². The highest BCUT2D eigenvalue weighted by molar-refractivity contribution is 7.58. The van der Waals surface area contributed by atoms with Crippen molar-refractivity contribution in [3.05, 3.63) is 0 Å². The molecule has 0 saturated carbocycles. The molecule has 0 spiro atoms. The van der Waals surface area contributed by atoms with E-state index in [2.05, 4.69) is 27.4 Å². The molecule has 1 nitrogen and oxygen atoms in total. The zero-order valence-electron chi connectivity index (χ0n) is 6.68. The molecule has 0 amide bonds. The van der Waals surface area contributed by atoms with Crippen LogP contribution in [0.5, 0.6) is 0 Å². The quantitative estimate of drug-likeness (QED) is 0.437. The van der Waals surface area contributed by atoms with Crippen LogP contribution >= 0.6 is 7.92 Å². The molecule has 0 aromatic heterocycles. The molecule has 0 aromatic rings. The molecule has 0 aliphatic carbocycles. The molecular weight excluding hydrogens is 130 g/mol. The van der Waals surface area contributed by atoms with Crippen LogP contribution < -0.4 is 0 Å². The molecule has 9 heavy (non-hydrogen) atoms. The Morgan fingerprint density at radius 2 is 1.67 bits per heavy atom. The molecular formula is C6H15BOP. The number of rotatable bonds is 1. The normalized spacial score (nSPS) is 14.3. The van der Waals surface area contributed by atoms with E-state index >= 15 is 0 Å². The minimum atomic E-state index is -0.164. The van der Waals surface area contributed by atoms with Crippen molar-refractivity contribution < 1.29 is 5.11 Å². The first kappa shape index (κ1) is 12.2. The van der Waals surface area contributed by atoms with E-state index in [1.165, 1.54) is 0 Å². The molecule has 0 aliphatic heterocycles. The molecule has 0 rings (SSSR count). The van der Waals surface area contributed by atoms with E-state index in [1.807, 2.05) is 0 Å². The first-order valence-corrected chi connectivity index (χ1v) is 4.78. The van der Waals surface area contributed by atoms with Crippen molar-refractivity contribution >= 4 is 16.3 Å². The van der Waals surface area contributed by atoms with Crippen LogP contribution in [0.2, 0.25) is 0 Å². The average molecular weight is 145 g/mol. The fourth-order valence-electron chi connectivity index (χ4n) is 0.212. The molecule has 0 saturated heterocycles. The Hall–Kier alpha value is 0.455. The zero-order valence-corrected chi connectivity index (χ0v) is 7.57. The van der Waals surface area contributed by atoms with E-state index in [4.69, 9.17) is 5.11 Å². The van der Waals surface area contributed by atoms with Gasteiger partial charge in [-0.05, 0) is 11.8 Å². The fraction of sp³-hybridized carbons (Fsp3) is 1.00. The van der Waals surface area contributed by atoms with E-state index in [9.17, 15) is 0 Å². The van der Waals surface area contributed by atoms with Gasteiger partial charge in [-0.15, -0.1) is 0 Å². The van der Waals surface area contributed by atoms with Crippen molar-refractivity contribution in [3.63, 3.8) is 0 Å². The third kappa shape index (κ3) is 4.93. The third-order valence-corrected chi connectivity index (χ3v) is 4.07. The molecule has 0 bridgehead atoms. The zero-order chi connectivity index (χ0) is 6.78. The van der Waals surface area contributed by atoms with Gasteiger partial charge in [0.05, 0.1) is 6.35 Å². The number of aliphatic hydroxyl groups excluding tert-OH is 1. The van der Waals surface area contributed by atoms with Crippen LogP contribution in [-0.4, -0.2) is 31.7 Å². The number of hydrogen-bond donors (Lipinski definition) is 1. The van der Waals surface area contributed by atoms with E-state index < -0.39 is 0 Å². The lowest BCUT2D eigenvalue weighted by Gasteiger charge is -2.25. The summed E-state index contributed by atoms with van der Waals surface area (Å²) < 4.78 is 0. The highest BCUT2D eigenvalue weighted by atomic mass is 31.1. The highest BCUT2D eigenvalue weighted by Gasteiger charge is 2.17. The average Bonchev–Trinajstić information content (AvgIpc) is 1.62. The summed E-state index contributed by atoms with van der Waals surface area (Å²) in [6.07, 6.45) is 0.360. The van der Waals surface area contributed by atoms with E-state index in [-0.39, 0.29) is 16.3 Å². The lowest BCUT2D eigenvalue weighted by molar-refractivity contribution is 0.367. The third-order valence-electron chi connectivity index (χ3n) is 1.36. The van der Waals surface area contributed by atoms with Crippen LogP contribution in [0.4, 0.5) is 0 Å². The number of aliphatic hydroxyl groups is 1. The van der Waals surface area contributed by atoms with Crippen LogP contribution in [0.3, 0.4) is 0 Å². The second-order valence-corrected chi connectivity index (χ2v) is 6.03. The Labute approximate surface area is 61.2 Å². The molecule has 0 heterocycles. The van der Waals surface area contributed by atoms with Crippen molar-refractivity contribution in [2.24, 2.45) is 0 Å². The summed E-state index contributed by atoms with van der Waals surface area (Å²) >= 11 is 0. The van der Waals surface area contributed by atoms with E-state index in [0.717, 1.165) is 0 Å². The van der Waals surface area contributed by atoms with Gasteiger partial charge in [0.2, 0.25) is 0 Å². The molecule has 3 heteroatoms. The summed E-state index contributed by atoms with van der Waals surface area (Å²) in [5.41, 5.74) is 0. The van der Waals surface area contributed by atoms with Gasteiger partial charge >= 0.3 is 0 Å². The van der Waals surface area contributed by atoms with Gasteiger partial charge in [0.1, 0.15) is 0 Å². The maximum absolute atomic E-state index is 8.70. The van der Waals surface area contributed by atoms with Crippen LogP contribution in [0.1, 0.15) is 20.8 Å². The molecule has 0 aliphatic rings. The molecule has 53 valence electrons. The Morgan fingerprint density at radius 3 is 1.67 bits per heavy atom. The predicted molar refractivity (Wildman–Crippen MR) is 45.4 cm³/mol. The predicted octanol–water partition coefficient (Wildman–Crippen LogP) is 1.47. The monoisotopic (exact) mass is 145 g/mol. The Bertz CT molecular complexity index is 69.9. The SMILES string of the molecule is C[P@](CO)C(C)(C)C.[B]. The maximum Gasteiger partial charge on any atom is 0.0626 e. The van der Waals surface area contributed by atoms with Gasteiger partial charge < -0.3 is 5.11 Å². The van der Waals surface area contributed by atoms with Gasteiger partial charge in [-0.3, -0.25) is 0 Å². The summed E-state index contributed by atoms with van der Waals surface area (Å²) in [4.78, 5) is 0. The van der Waals surface area contributed by atoms with Crippen LogP contribution in [0.25, 0.3) is 0 Å². The summed E-state index contributed by atoms with van der Waals surface area (Å²) in [5, 5.41) is 9.02. The summed E-state index contributed by atoms with van der Waals surface area (Å²) in [6, 6.07) is 0. The van der Waals surface area contributed by atoms with Crippen molar-refractivity contribution in [2.45, 2.75) is 25.9 Å². The van der Waals surface area contributed by atoms with E-state index in [1.54, 1.807) is 0 Å². The Balaban J connectivity index is 0. The lowest BCUT2D eigenvalue weighted by atomic mass is 10.3.